The molecule has 18 heavy (non-hydrogen) atoms. The highest BCUT2D eigenvalue weighted by atomic mass is 16.4. The summed E-state index contributed by atoms with van der Waals surface area (Å²) in [5, 5.41) is 12.9. The number of aliphatic carboxylic acids is 1. The van der Waals surface area contributed by atoms with Crippen LogP contribution in [0.2, 0.25) is 0 Å². The zero-order chi connectivity index (χ0) is 13.8. The Bertz CT molecular complexity index is 283. The molecule has 1 aliphatic rings. The summed E-state index contributed by atoms with van der Waals surface area (Å²) in [5.41, 5.74) is -0.0328. The van der Waals surface area contributed by atoms with Gasteiger partial charge in [-0.15, -0.1) is 0 Å². The second-order valence-electron chi connectivity index (χ2n) is 6.82. The molecule has 1 fully saturated rings. The molecule has 2 N–H and O–H groups in total. The molecule has 0 bridgehead atoms. The van der Waals surface area contributed by atoms with Crippen LogP contribution in [0.4, 0.5) is 0 Å². The molecular formula is C15H29NO2. The third-order valence-corrected chi connectivity index (χ3v) is 4.27. The van der Waals surface area contributed by atoms with Gasteiger partial charge in [0, 0.05) is 5.54 Å². The smallest absolute Gasteiger partial charge is 0.305 e. The standard InChI is InChI=1S/C15H29NO2/c1-5-10-16-15(11-13(17)18)9-7-6-8-12(15)14(2,3)4/h12,16H,5-11H2,1-4H3,(H,17,18). The molecule has 0 saturated heterocycles. The molecule has 0 aliphatic heterocycles. The summed E-state index contributed by atoms with van der Waals surface area (Å²) in [6, 6.07) is 0. The Morgan fingerprint density at radius 2 is 2.06 bits per heavy atom. The van der Waals surface area contributed by atoms with Crippen molar-refractivity contribution >= 4 is 5.97 Å². The van der Waals surface area contributed by atoms with Gasteiger partial charge in [-0.25, -0.2) is 0 Å². The van der Waals surface area contributed by atoms with E-state index >= 15 is 0 Å². The zero-order valence-corrected chi connectivity index (χ0v) is 12.4. The lowest BCUT2D eigenvalue weighted by Gasteiger charge is -2.50. The Hall–Kier alpha value is -0.570. The van der Waals surface area contributed by atoms with Crippen LogP contribution in [-0.2, 0) is 4.79 Å². The van der Waals surface area contributed by atoms with Gasteiger partial charge in [0.2, 0.25) is 0 Å². The van der Waals surface area contributed by atoms with E-state index in [1.54, 1.807) is 0 Å². The van der Waals surface area contributed by atoms with Crippen molar-refractivity contribution in [2.45, 2.75) is 71.8 Å². The van der Waals surface area contributed by atoms with Crippen molar-refractivity contribution in [3.63, 3.8) is 0 Å². The molecule has 0 aromatic heterocycles. The molecule has 106 valence electrons. The highest BCUT2D eigenvalue weighted by molar-refractivity contribution is 5.68. The zero-order valence-electron chi connectivity index (χ0n) is 12.4. The van der Waals surface area contributed by atoms with E-state index < -0.39 is 5.97 Å². The fourth-order valence-corrected chi connectivity index (χ4v) is 3.63. The Morgan fingerprint density at radius 1 is 1.39 bits per heavy atom. The van der Waals surface area contributed by atoms with Crippen LogP contribution in [0.15, 0.2) is 0 Å². The van der Waals surface area contributed by atoms with Gasteiger partial charge in [0.1, 0.15) is 0 Å². The number of carboxylic acids is 1. The van der Waals surface area contributed by atoms with Crippen molar-refractivity contribution < 1.29 is 9.90 Å². The highest BCUT2D eigenvalue weighted by Crippen LogP contribution is 2.46. The molecule has 3 nitrogen and oxygen atoms in total. The third-order valence-electron chi connectivity index (χ3n) is 4.27. The van der Waals surface area contributed by atoms with Gasteiger partial charge in [-0.3, -0.25) is 4.79 Å². The van der Waals surface area contributed by atoms with E-state index in [2.05, 4.69) is 33.0 Å². The van der Waals surface area contributed by atoms with Crippen molar-refractivity contribution in [1.82, 2.24) is 5.32 Å². The van der Waals surface area contributed by atoms with E-state index in [9.17, 15) is 9.90 Å². The fraction of sp³-hybridized carbons (Fsp3) is 0.933. The summed E-state index contributed by atoms with van der Waals surface area (Å²) < 4.78 is 0. The van der Waals surface area contributed by atoms with Gasteiger partial charge >= 0.3 is 5.97 Å². The normalized spacial score (nSPS) is 29.2. The number of carbonyl (C=O) groups is 1. The summed E-state index contributed by atoms with van der Waals surface area (Å²) in [6.45, 7) is 9.78. The van der Waals surface area contributed by atoms with Crippen molar-refractivity contribution in [3.8, 4) is 0 Å². The molecule has 1 rings (SSSR count). The average Bonchev–Trinajstić information content (AvgIpc) is 2.24. The molecule has 0 spiro atoms. The number of carboxylic acid groups (broad SMARTS) is 1. The van der Waals surface area contributed by atoms with Crippen molar-refractivity contribution in [2.24, 2.45) is 11.3 Å². The van der Waals surface area contributed by atoms with Crippen LogP contribution < -0.4 is 5.32 Å². The lowest BCUT2D eigenvalue weighted by atomic mass is 9.61. The Morgan fingerprint density at radius 3 is 2.56 bits per heavy atom. The maximum atomic E-state index is 11.3. The van der Waals surface area contributed by atoms with Gasteiger partial charge in [-0.2, -0.15) is 0 Å². The van der Waals surface area contributed by atoms with E-state index in [-0.39, 0.29) is 17.4 Å². The van der Waals surface area contributed by atoms with E-state index in [0.717, 1.165) is 32.2 Å². The predicted molar refractivity (Wildman–Crippen MR) is 74.7 cm³/mol. The minimum atomic E-state index is -0.672. The van der Waals surface area contributed by atoms with Crippen LogP contribution in [0.3, 0.4) is 0 Å². The van der Waals surface area contributed by atoms with Crippen molar-refractivity contribution in [3.05, 3.63) is 0 Å². The van der Waals surface area contributed by atoms with Crippen molar-refractivity contribution in [1.29, 1.82) is 0 Å². The minimum Gasteiger partial charge on any atom is -0.481 e. The van der Waals surface area contributed by atoms with Crippen LogP contribution in [-0.4, -0.2) is 23.2 Å². The van der Waals surface area contributed by atoms with Gasteiger partial charge in [-0.05, 0) is 37.1 Å². The van der Waals surface area contributed by atoms with E-state index in [1.807, 2.05) is 0 Å². The van der Waals surface area contributed by atoms with Crippen molar-refractivity contribution in [2.75, 3.05) is 6.54 Å². The van der Waals surface area contributed by atoms with Gasteiger partial charge < -0.3 is 10.4 Å². The molecule has 2 atom stereocenters. The van der Waals surface area contributed by atoms with Crippen LogP contribution in [0.5, 0.6) is 0 Å². The van der Waals surface area contributed by atoms with Gasteiger partial charge in [-0.1, -0.05) is 40.5 Å². The largest absolute Gasteiger partial charge is 0.481 e. The Labute approximate surface area is 111 Å². The highest BCUT2D eigenvalue weighted by Gasteiger charge is 2.46. The summed E-state index contributed by atoms with van der Waals surface area (Å²) in [5.74, 6) is -0.226. The molecule has 0 radical (unpaired) electrons. The van der Waals surface area contributed by atoms with Gasteiger partial charge in [0.15, 0.2) is 0 Å². The number of hydrogen-bond acceptors (Lipinski definition) is 2. The van der Waals surface area contributed by atoms with Crippen LogP contribution in [0.25, 0.3) is 0 Å². The van der Waals surface area contributed by atoms with E-state index in [0.29, 0.717) is 5.92 Å². The monoisotopic (exact) mass is 255 g/mol. The second-order valence-corrected chi connectivity index (χ2v) is 6.82. The molecule has 0 aromatic rings. The predicted octanol–water partition coefficient (Wildman–Crippen LogP) is 3.44. The number of rotatable bonds is 5. The molecule has 3 heteroatoms. The molecule has 0 heterocycles. The Balaban J connectivity index is 2.97. The first-order valence-electron chi connectivity index (χ1n) is 7.28. The van der Waals surface area contributed by atoms with E-state index in [4.69, 9.17) is 0 Å². The van der Waals surface area contributed by atoms with Crippen LogP contribution in [0.1, 0.15) is 66.2 Å². The molecule has 2 unspecified atom stereocenters. The molecular weight excluding hydrogens is 226 g/mol. The number of hydrogen-bond donors (Lipinski definition) is 2. The van der Waals surface area contributed by atoms with Gasteiger partial charge in [0.25, 0.3) is 0 Å². The maximum Gasteiger partial charge on any atom is 0.305 e. The maximum absolute atomic E-state index is 11.3. The lowest BCUT2D eigenvalue weighted by Crippen LogP contribution is -2.58. The molecule has 0 aromatic carbocycles. The SMILES string of the molecule is CCCNC1(CC(=O)O)CCCCC1C(C)(C)C. The third kappa shape index (κ3) is 3.71. The molecule has 1 saturated carbocycles. The number of nitrogens with one attached hydrogen (secondary N) is 1. The first-order valence-corrected chi connectivity index (χ1v) is 7.28. The van der Waals surface area contributed by atoms with E-state index in [1.165, 1.54) is 6.42 Å². The second kappa shape index (κ2) is 6.05. The summed E-state index contributed by atoms with van der Waals surface area (Å²) in [4.78, 5) is 11.3. The Kier molecular flexibility index (Phi) is 5.20. The van der Waals surface area contributed by atoms with Crippen LogP contribution in [0, 0.1) is 11.3 Å². The first kappa shape index (κ1) is 15.5. The fourth-order valence-electron chi connectivity index (χ4n) is 3.63. The molecule has 0 amide bonds. The first-order chi connectivity index (χ1) is 8.32. The van der Waals surface area contributed by atoms with Gasteiger partial charge in [0.05, 0.1) is 6.42 Å². The summed E-state index contributed by atoms with van der Waals surface area (Å²) >= 11 is 0. The average molecular weight is 255 g/mol. The quantitative estimate of drug-likeness (QED) is 0.791. The minimum absolute atomic E-state index is 0.163. The topological polar surface area (TPSA) is 49.3 Å². The molecule has 1 aliphatic carbocycles. The summed E-state index contributed by atoms with van der Waals surface area (Å²) in [6.07, 6.45) is 5.84. The van der Waals surface area contributed by atoms with Crippen LogP contribution >= 0.6 is 0 Å². The summed E-state index contributed by atoms with van der Waals surface area (Å²) in [7, 11) is 0. The lowest BCUT2D eigenvalue weighted by molar-refractivity contribution is -0.140.